The van der Waals surface area contributed by atoms with E-state index in [1.165, 1.54) is 96.3 Å². The third-order valence-electron chi connectivity index (χ3n) is 5.14. The lowest BCUT2D eigenvalue weighted by Gasteiger charge is -2.11. The molecule has 6 heteroatoms. The summed E-state index contributed by atoms with van der Waals surface area (Å²) in [6, 6.07) is 0. The van der Waals surface area contributed by atoms with Crippen molar-refractivity contribution in [1.29, 1.82) is 0 Å². The second-order valence-corrected chi connectivity index (χ2v) is 8.92. The third-order valence-corrected chi connectivity index (χ3v) is 5.47. The summed E-state index contributed by atoms with van der Waals surface area (Å²) in [6.45, 7) is 3.26. The van der Waals surface area contributed by atoms with Crippen molar-refractivity contribution < 1.29 is 24.1 Å². The molecule has 0 aliphatic heterocycles. The molecular formula is C24H47BrO5. The van der Waals surface area contributed by atoms with Crippen molar-refractivity contribution in [2.45, 2.75) is 116 Å². The molecule has 0 amide bonds. The zero-order valence-corrected chi connectivity index (χ0v) is 21.0. The Labute approximate surface area is 193 Å². The van der Waals surface area contributed by atoms with Gasteiger partial charge in [0.15, 0.2) is 0 Å². The van der Waals surface area contributed by atoms with Crippen LogP contribution in [0, 0.1) is 0 Å². The van der Waals surface area contributed by atoms with E-state index in [0.717, 1.165) is 6.42 Å². The number of hydrogen-bond acceptors (Lipinski definition) is 5. The van der Waals surface area contributed by atoms with Gasteiger partial charge in [0.2, 0.25) is 0 Å². The molecule has 0 bridgehead atoms. The highest BCUT2D eigenvalue weighted by molar-refractivity contribution is 9.09. The fraction of sp³-hybridized carbons (Fsp3) is 0.958. The molecule has 1 N–H and O–H groups in total. The van der Waals surface area contributed by atoms with E-state index in [1.807, 2.05) is 0 Å². The van der Waals surface area contributed by atoms with E-state index in [9.17, 15) is 9.90 Å². The van der Waals surface area contributed by atoms with Gasteiger partial charge in [-0.1, -0.05) is 119 Å². The summed E-state index contributed by atoms with van der Waals surface area (Å²) in [5.74, 6) is 0. The molecule has 0 aliphatic rings. The van der Waals surface area contributed by atoms with Crippen LogP contribution in [-0.4, -0.2) is 49.1 Å². The number of halogens is 1. The zero-order valence-electron chi connectivity index (χ0n) is 19.4. The largest absolute Gasteiger partial charge is 0.508 e. The minimum atomic E-state index is -0.803. The lowest BCUT2D eigenvalue weighted by atomic mass is 10.0. The molecule has 30 heavy (non-hydrogen) atoms. The first-order valence-corrected chi connectivity index (χ1v) is 13.4. The van der Waals surface area contributed by atoms with E-state index >= 15 is 0 Å². The highest BCUT2D eigenvalue weighted by Crippen LogP contribution is 2.13. The number of aliphatic hydroxyl groups is 1. The highest BCUT2D eigenvalue weighted by atomic mass is 79.9. The quantitative estimate of drug-likeness (QED) is 0.0925. The Morgan fingerprint density at radius 1 is 0.700 bits per heavy atom. The lowest BCUT2D eigenvalue weighted by Crippen LogP contribution is -2.24. The van der Waals surface area contributed by atoms with Crippen molar-refractivity contribution in [2.75, 3.05) is 31.8 Å². The average molecular weight is 496 g/mol. The van der Waals surface area contributed by atoms with Crippen molar-refractivity contribution in [3.8, 4) is 0 Å². The van der Waals surface area contributed by atoms with Crippen LogP contribution in [0.25, 0.3) is 0 Å². The Kier molecular flexibility index (Phi) is 24.7. The van der Waals surface area contributed by atoms with Gasteiger partial charge in [-0.3, -0.25) is 0 Å². The van der Waals surface area contributed by atoms with Gasteiger partial charge in [-0.15, -0.1) is 0 Å². The number of rotatable bonds is 23. The van der Waals surface area contributed by atoms with Crippen molar-refractivity contribution in [3.63, 3.8) is 0 Å². The Morgan fingerprint density at radius 3 is 1.63 bits per heavy atom. The van der Waals surface area contributed by atoms with Crippen LogP contribution in [-0.2, 0) is 14.2 Å². The van der Waals surface area contributed by atoms with Crippen LogP contribution in [0.1, 0.15) is 110 Å². The first kappa shape index (κ1) is 29.7. The lowest BCUT2D eigenvalue weighted by molar-refractivity contribution is -0.0177. The Hall–Kier alpha value is -0.330. The summed E-state index contributed by atoms with van der Waals surface area (Å²) in [7, 11) is 0. The first-order chi connectivity index (χ1) is 14.7. The van der Waals surface area contributed by atoms with Gasteiger partial charge in [0, 0.05) is 11.9 Å². The summed E-state index contributed by atoms with van der Waals surface area (Å²) in [6.07, 6.45) is 20.0. The van der Waals surface area contributed by atoms with Crippen LogP contribution in [0.2, 0.25) is 0 Å². The number of unbranched alkanes of at least 4 members (excludes halogenated alkanes) is 15. The topological polar surface area (TPSA) is 65.0 Å². The molecule has 0 spiro atoms. The third kappa shape index (κ3) is 23.9. The Balaban J connectivity index is 3.16. The number of carbonyl (C=O) groups excluding carboxylic acids is 1. The molecule has 1 atom stereocenters. The second-order valence-electron chi connectivity index (χ2n) is 8.13. The van der Waals surface area contributed by atoms with Gasteiger partial charge < -0.3 is 19.3 Å². The maximum absolute atomic E-state index is 11.1. The van der Waals surface area contributed by atoms with Crippen molar-refractivity contribution in [1.82, 2.24) is 0 Å². The predicted molar refractivity (Wildman–Crippen MR) is 127 cm³/mol. The van der Waals surface area contributed by atoms with Gasteiger partial charge in [0.1, 0.15) is 19.3 Å². The smallest absolute Gasteiger partial charge is 0.433 e. The van der Waals surface area contributed by atoms with Crippen molar-refractivity contribution in [3.05, 3.63) is 0 Å². The van der Waals surface area contributed by atoms with Gasteiger partial charge in [-0.05, 0) is 6.42 Å². The maximum Gasteiger partial charge on any atom is 0.508 e. The number of aliphatic hydroxyl groups excluding tert-OH is 1. The van der Waals surface area contributed by atoms with Crippen LogP contribution >= 0.6 is 15.9 Å². The summed E-state index contributed by atoms with van der Waals surface area (Å²) >= 11 is 3.15. The van der Waals surface area contributed by atoms with Crippen molar-refractivity contribution in [2.24, 2.45) is 0 Å². The standard InChI is InChI=1S/C24H47BrO5/c1-2-3-4-5-6-7-8-9-10-11-12-13-14-15-16-17-19-28-21-23(26)22-30-24(27)29-20-18-25/h23,26H,2-22H2,1H3/t23-/m1/s1. The minimum absolute atomic E-state index is 0.0971. The molecule has 180 valence electrons. The van der Waals surface area contributed by atoms with Crippen LogP contribution in [0.4, 0.5) is 4.79 Å². The fourth-order valence-electron chi connectivity index (χ4n) is 3.35. The molecule has 0 aromatic carbocycles. The molecule has 0 saturated carbocycles. The summed E-state index contributed by atoms with van der Waals surface area (Å²) < 4.78 is 14.9. The SMILES string of the molecule is CCCCCCCCCCCCCCCCCCOC[C@@H](O)COC(=O)OCCBr. The fourth-order valence-corrected chi connectivity index (χ4v) is 3.51. The molecule has 0 aromatic rings. The molecule has 0 aromatic heterocycles. The van der Waals surface area contributed by atoms with Crippen LogP contribution in [0.3, 0.4) is 0 Å². The normalized spacial score (nSPS) is 12.1. The number of carbonyl (C=O) groups is 1. The molecule has 0 radical (unpaired) electrons. The van der Waals surface area contributed by atoms with Gasteiger partial charge >= 0.3 is 6.16 Å². The Bertz CT molecular complexity index is 354. The van der Waals surface area contributed by atoms with E-state index in [2.05, 4.69) is 22.9 Å². The minimum Gasteiger partial charge on any atom is -0.433 e. The van der Waals surface area contributed by atoms with Gasteiger partial charge in [-0.2, -0.15) is 0 Å². The van der Waals surface area contributed by atoms with E-state index < -0.39 is 12.3 Å². The molecular weight excluding hydrogens is 448 g/mol. The molecule has 0 heterocycles. The molecule has 0 fully saturated rings. The molecule has 5 nitrogen and oxygen atoms in total. The second kappa shape index (κ2) is 24.9. The van der Waals surface area contributed by atoms with Gasteiger partial charge in [-0.25, -0.2) is 4.79 Å². The van der Waals surface area contributed by atoms with Crippen LogP contribution in [0.5, 0.6) is 0 Å². The molecule has 0 aliphatic carbocycles. The molecule has 0 rings (SSSR count). The summed E-state index contributed by atoms with van der Waals surface area (Å²) in [4.78, 5) is 11.1. The maximum atomic E-state index is 11.1. The van der Waals surface area contributed by atoms with Crippen LogP contribution in [0.15, 0.2) is 0 Å². The van der Waals surface area contributed by atoms with E-state index in [-0.39, 0.29) is 19.8 Å². The van der Waals surface area contributed by atoms with Gasteiger partial charge in [0.05, 0.1) is 6.61 Å². The van der Waals surface area contributed by atoms with E-state index in [0.29, 0.717) is 11.9 Å². The zero-order chi connectivity index (χ0) is 22.1. The first-order valence-electron chi connectivity index (χ1n) is 12.3. The van der Waals surface area contributed by atoms with Crippen LogP contribution < -0.4 is 0 Å². The van der Waals surface area contributed by atoms with E-state index in [1.54, 1.807) is 0 Å². The molecule has 0 unspecified atom stereocenters. The monoisotopic (exact) mass is 494 g/mol. The average Bonchev–Trinajstić information content (AvgIpc) is 2.75. The predicted octanol–water partition coefficient (Wildman–Crippen LogP) is 7.17. The summed E-state index contributed by atoms with van der Waals surface area (Å²) in [5, 5.41) is 10.3. The van der Waals surface area contributed by atoms with E-state index in [4.69, 9.17) is 14.2 Å². The Morgan fingerprint density at radius 2 is 1.17 bits per heavy atom. The highest BCUT2D eigenvalue weighted by Gasteiger charge is 2.09. The number of hydrogen-bond donors (Lipinski definition) is 1. The molecule has 0 saturated heterocycles. The summed E-state index contributed by atoms with van der Waals surface area (Å²) in [5.41, 5.74) is 0. The number of alkyl halides is 1. The number of ether oxygens (including phenoxy) is 3. The van der Waals surface area contributed by atoms with Gasteiger partial charge in [0.25, 0.3) is 0 Å². The van der Waals surface area contributed by atoms with Crippen molar-refractivity contribution >= 4 is 22.1 Å².